The Morgan fingerprint density at radius 2 is 2.06 bits per heavy atom. The number of aromatic nitrogens is 1. The van der Waals surface area contributed by atoms with Gasteiger partial charge in [0.1, 0.15) is 0 Å². The minimum Gasteiger partial charge on any atom is -0.350 e. The molecule has 0 aliphatic carbocycles. The van der Waals surface area contributed by atoms with Crippen LogP contribution in [0.1, 0.15) is 12.5 Å². The van der Waals surface area contributed by atoms with Gasteiger partial charge in [-0.15, -0.1) is 0 Å². The Kier molecular flexibility index (Phi) is 3.50. The predicted molar refractivity (Wildman–Crippen MR) is 72.9 cm³/mol. The molecule has 1 aromatic carbocycles. The summed E-state index contributed by atoms with van der Waals surface area (Å²) in [5, 5.41) is 1.34. The zero-order valence-electron chi connectivity index (χ0n) is 10.9. The van der Waals surface area contributed by atoms with Crippen LogP contribution in [-0.2, 0) is 13.6 Å². The van der Waals surface area contributed by atoms with Gasteiger partial charge in [0.2, 0.25) is 0 Å². The van der Waals surface area contributed by atoms with Gasteiger partial charge in [0, 0.05) is 43.3 Å². The van der Waals surface area contributed by atoms with E-state index < -0.39 is 0 Å². The van der Waals surface area contributed by atoms with Gasteiger partial charge >= 0.3 is 0 Å². The quantitative estimate of drug-likeness (QED) is 0.873. The SMILES string of the molecule is CC(N)CN(C)Cc1cn(C)c2ccccc12. The average Bonchev–Trinajstić information content (AvgIpc) is 2.55. The van der Waals surface area contributed by atoms with Gasteiger partial charge in [-0.05, 0) is 25.6 Å². The highest BCUT2D eigenvalue weighted by atomic mass is 15.1. The lowest BCUT2D eigenvalue weighted by atomic mass is 10.1. The molecule has 1 aromatic heterocycles. The van der Waals surface area contributed by atoms with Crippen molar-refractivity contribution in [2.45, 2.75) is 19.5 Å². The Labute approximate surface area is 103 Å². The van der Waals surface area contributed by atoms with E-state index in [1.807, 2.05) is 6.92 Å². The Morgan fingerprint density at radius 3 is 2.76 bits per heavy atom. The van der Waals surface area contributed by atoms with E-state index in [0.717, 1.165) is 13.1 Å². The summed E-state index contributed by atoms with van der Waals surface area (Å²) in [6.45, 7) is 3.91. The highest BCUT2D eigenvalue weighted by molar-refractivity contribution is 5.83. The average molecular weight is 231 g/mol. The van der Waals surface area contributed by atoms with Gasteiger partial charge in [-0.25, -0.2) is 0 Å². The van der Waals surface area contributed by atoms with E-state index in [0.29, 0.717) is 0 Å². The standard InChI is InChI=1S/C14H21N3/c1-11(15)8-16(2)9-12-10-17(3)14-7-5-4-6-13(12)14/h4-7,10-11H,8-9,15H2,1-3H3. The zero-order valence-corrected chi connectivity index (χ0v) is 10.9. The Morgan fingerprint density at radius 1 is 1.35 bits per heavy atom. The first-order chi connectivity index (χ1) is 8.08. The number of nitrogens with zero attached hydrogens (tertiary/aromatic N) is 2. The van der Waals surface area contributed by atoms with Crippen LogP contribution >= 0.6 is 0 Å². The monoisotopic (exact) mass is 231 g/mol. The molecule has 1 unspecified atom stereocenters. The topological polar surface area (TPSA) is 34.2 Å². The van der Waals surface area contributed by atoms with Crippen molar-refractivity contribution in [3.8, 4) is 0 Å². The summed E-state index contributed by atoms with van der Waals surface area (Å²) < 4.78 is 2.18. The number of likely N-dealkylation sites (N-methyl/N-ethyl adjacent to an activating group) is 1. The first kappa shape index (κ1) is 12.1. The highest BCUT2D eigenvalue weighted by Gasteiger charge is 2.09. The third-order valence-electron chi connectivity index (χ3n) is 3.02. The molecular formula is C14H21N3. The first-order valence-corrected chi connectivity index (χ1v) is 6.05. The van der Waals surface area contributed by atoms with E-state index in [9.17, 15) is 0 Å². The van der Waals surface area contributed by atoms with E-state index in [1.165, 1.54) is 16.5 Å². The van der Waals surface area contributed by atoms with E-state index >= 15 is 0 Å². The Bertz CT molecular complexity index is 499. The van der Waals surface area contributed by atoms with Gasteiger partial charge in [0.15, 0.2) is 0 Å². The van der Waals surface area contributed by atoms with Crippen molar-refractivity contribution in [2.75, 3.05) is 13.6 Å². The van der Waals surface area contributed by atoms with Crippen molar-refractivity contribution >= 4 is 10.9 Å². The van der Waals surface area contributed by atoms with Gasteiger partial charge in [0.05, 0.1) is 0 Å². The molecule has 17 heavy (non-hydrogen) atoms. The Hall–Kier alpha value is -1.32. The number of hydrogen-bond donors (Lipinski definition) is 1. The number of para-hydroxylation sites is 1. The van der Waals surface area contributed by atoms with Crippen LogP contribution in [0.25, 0.3) is 10.9 Å². The first-order valence-electron chi connectivity index (χ1n) is 6.05. The predicted octanol–water partition coefficient (Wildman–Crippen LogP) is 1.96. The van der Waals surface area contributed by atoms with E-state index in [1.54, 1.807) is 0 Å². The molecule has 2 aromatic rings. The molecule has 0 amide bonds. The third-order valence-corrected chi connectivity index (χ3v) is 3.02. The summed E-state index contributed by atoms with van der Waals surface area (Å²) in [5.74, 6) is 0. The molecule has 2 N–H and O–H groups in total. The number of fused-ring (bicyclic) bond motifs is 1. The molecular weight excluding hydrogens is 210 g/mol. The van der Waals surface area contributed by atoms with Crippen molar-refractivity contribution in [1.82, 2.24) is 9.47 Å². The second-order valence-corrected chi connectivity index (χ2v) is 4.96. The minimum absolute atomic E-state index is 0.218. The van der Waals surface area contributed by atoms with Gasteiger partial charge in [-0.3, -0.25) is 0 Å². The highest BCUT2D eigenvalue weighted by Crippen LogP contribution is 2.21. The van der Waals surface area contributed by atoms with Crippen LogP contribution in [0.4, 0.5) is 0 Å². The maximum Gasteiger partial charge on any atom is 0.0481 e. The molecule has 0 aliphatic heterocycles. The van der Waals surface area contributed by atoms with E-state index in [-0.39, 0.29) is 6.04 Å². The maximum atomic E-state index is 5.82. The van der Waals surface area contributed by atoms with Crippen molar-refractivity contribution < 1.29 is 0 Å². The normalized spacial score (nSPS) is 13.5. The number of nitrogens with two attached hydrogens (primary N) is 1. The van der Waals surface area contributed by atoms with Crippen molar-refractivity contribution in [1.29, 1.82) is 0 Å². The molecule has 3 heteroatoms. The number of hydrogen-bond acceptors (Lipinski definition) is 2. The summed E-state index contributed by atoms with van der Waals surface area (Å²) in [5.41, 5.74) is 8.47. The summed E-state index contributed by atoms with van der Waals surface area (Å²) >= 11 is 0. The van der Waals surface area contributed by atoms with Gasteiger partial charge < -0.3 is 15.2 Å². The molecule has 0 fully saturated rings. The lowest BCUT2D eigenvalue weighted by molar-refractivity contribution is 0.311. The lowest BCUT2D eigenvalue weighted by Gasteiger charge is -2.18. The molecule has 0 bridgehead atoms. The van der Waals surface area contributed by atoms with Gasteiger partial charge in [-0.1, -0.05) is 18.2 Å². The number of aryl methyl sites for hydroxylation is 1. The fraction of sp³-hybridized carbons (Fsp3) is 0.429. The molecule has 1 heterocycles. The van der Waals surface area contributed by atoms with E-state index in [4.69, 9.17) is 5.73 Å². The Balaban J connectivity index is 2.24. The van der Waals surface area contributed by atoms with Crippen molar-refractivity contribution in [3.63, 3.8) is 0 Å². The molecule has 0 radical (unpaired) electrons. The van der Waals surface area contributed by atoms with Crippen LogP contribution in [0.15, 0.2) is 30.5 Å². The maximum absolute atomic E-state index is 5.82. The molecule has 0 saturated carbocycles. The van der Waals surface area contributed by atoms with Gasteiger partial charge in [0.25, 0.3) is 0 Å². The second kappa shape index (κ2) is 4.90. The summed E-state index contributed by atoms with van der Waals surface area (Å²) in [6, 6.07) is 8.74. The molecule has 0 saturated heterocycles. The lowest BCUT2D eigenvalue weighted by Crippen LogP contribution is -2.32. The second-order valence-electron chi connectivity index (χ2n) is 4.96. The smallest absolute Gasteiger partial charge is 0.0481 e. The number of rotatable bonds is 4. The fourth-order valence-corrected chi connectivity index (χ4v) is 2.40. The summed E-state index contributed by atoms with van der Waals surface area (Å²) in [6.07, 6.45) is 2.21. The van der Waals surface area contributed by atoms with Gasteiger partial charge in [-0.2, -0.15) is 0 Å². The molecule has 1 atom stereocenters. The van der Waals surface area contributed by atoms with Crippen LogP contribution in [0.5, 0.6) is 0 Å². The zero-order chi connectivity index (χ0) is 12.4. The van der Waals surface area contributed by atoms with Crippen molar-refractivity contribution in [2.24, 2.45) is 12.8 Å². The van der Waals surface area contributed by atoms with Crippen LogP contribution in [0.3, 0.4) is 0 Å². The summed E-state index contributed by atoms with van der Waals surface area (Å²) in [4.78, 5) is 2.27. The minimum atomic E-state index is 0.218. The number of benzene rings is 1. The fourth-order valence-electron chi connectivity index (χ4n) is 2.40. The van der Waals surface area contributed by atoms with E-state index in [2.05, 4.69) is 54.0 Å². The van der Waals surface area contributed by atoms with Crippen LogP contribution in [-0.4, -0.2) is 29.1 Å². The summed E-state index contributed by atoms with van der Waals surface area (Å²) in [7, 11) is 4.21. The largest absolute Gasteiger partial charge is 0.350 e. The molecule has 0 aliphatic rings. The van der Waals surface area contributed by atoms with Crippen LogP contribution in [0, 0.1) is 0 Å². The van der Waals surface area contributed by atoms with Crippen LogP contribution in [0.2, 0.25) is 0 Å². The molecule has 0 spiro atoms. The molecule has 92 valence electrons. The third kappa shape index (κ3) is 2.68. The van der Waals surface area contributed by atoms with Crippen molar-refractivity contribution in [3.05, 3.63) is 36.0 Å². The van der Waals surface area contributed by atoms with Crippen LogP contribution < -0.4 is 5.73 Å². The molecule has 3 nitrogen and oxygen atoms in total. The molecule has 2 rings (SSSR count).